The van der Waals surface area contributed by atoms with Gasteiger partial charge in [-0.15, -0.1) is 0 Å². The zero-order valence-corrected chi connectivity index (χ0v) is 21.8. The fourth-order valence-electron chi connectivity index (χ4n) is 4.32. The molecule has 2 heterocycles. The SMILES string of the molecule is CN(C)CC1(COc2cc3ncnc(Nc4ccc(OCc5ccccn5)c(Cl)c4)c3cc2[N+](=O)[O-])CC1. The standard InChI is InChI=1S/C27H27ClN6O4/c1-33(2)15-27(8-9-27)16-38-25-13-22-20(12-23(25)34(35)36)26(31-17-30-22)32-18-6-7-24(21(28)11-18)37-14-19-5-3-4-10-29-19/h3-7,10-13,17H,8-9,14-16H2,1-2H3,(H,30,31,32). The van der Waals surface area contributed by atoms with Gasteiger partial charge in [0.1, 0.15) is 24.5 Å². The Labute approximate surface area is 224 Å². The lowest BCUT2D eigenvalue weighted by Crippen LogP contribution is -2.27. The Bertz CT molecular complexity index is 1460. The highest BCUT2D eigenvalue weighted by molar-refractivity contribution is 6.32. The van der Waals surface area contributed by atoms with Crippen LogP contribution in [0.1, 0.15) is 18.5 Å². The molecule has 1 fully saturated rings. The van der Waals surface area contributed by atoms with Crippen LogP contribution in [0.5, 0.6) is 11.5 Å². The number of ether oxygens (including phenoxy) is 2. The molecule has 1 aliphatic carbocycles. The highest BCUT2D eigenvalue weighted by atomic mass is 35.5. The minimum absolute atomic E-state index is 0.0392. The van der Waals surface area contributed by atoms with Crippen molar-refractivity contribution in [2.45, 2.75) is 19.4 Å². The first-order chi connectivity index (χ1) is 18.3. The van der Waals surface area contributed by atoms with Crippen molar-refractivity contribution in [3.63, 3.8) is 0 Å². The average Bonchev–Trinajstić information content (AvgIpc) is 3.66. The molecule has 0 bridgehead atoms. The van der Waals surface area contributed by atoms with E-state index in [2.05, 4.69) is 25.2 Å². The number of hydrogen-bond acceptors (Lipinski definition) is 9. The lowest BCUT2D eigenvalue weighted by Gasteiger charge is -2.20. The van der Waals surface area contributed by atoms with Gasteiger partial charge < -0.3 is 19.7 Å². The van der Waals surface area contributed by atoms with Crippen molar-refractivity contribution in [2.75, 3.05) is 32.6 Å². The second-order valence-corrected chi connectivity index (χ2v) is 10.1. The second kappa shape index (κ2) is 10.8. The maximum Gasteiger partial charge on any atom is 0.311 e. The molecular weight excluding hydrogens is 508 g/mol. The third-order valence-corrected chi connectivity index (χ3v) is 6.65. The smallest absolute Gasteiger partial charge is 0.311 e. The number of halogens is 1. The van der Waals surface area contributed by atoms with Crippen LogP contribution in [0, 0.1) is 15.5 Å². The van der Waals surface area contributed by atoms with Crippen molar-refractivity contribution in [2.24, 2.45) is 5.41 Å². The molecule has 0 atom stereocenters. The summed E-state index contributed by atoms with van der Waals surface area (Å²) in [4.78, 5) is 26.5. The fraction of sp³-hybridized carbons (Fsp3) is 0.296. The van der Waals surface area contributed by atoms with Crippen molar-refractivity contribution in [3.05, 3.63) is 81.9 Å². The highest BCUT2D eigenvalue weighted by Crippen LogP contribution is 2.47. The van der Waals surface area contributed by atoms with E-state index in [9.17, 15) is 10.1 Å². The Morgan fingerprint density at radius 1 is 1.08 bits per heavy atom. The molecule has 10 nitrogen and oxygen atoms in total. The van der Waals surface area contributed by atoms with E-state index in [1.807, 2.05) is 32.3 Å². The van der Waals surface area contributed by atoms with Crippen LogP contribution < -0.4 is 14.8 Å². The molecular formula is C27H27ClN6O4. The lowest BCUT2D eigenvalue weighted by molar-refractivity contribution is -0.385. The maximum atomic E-state index is 11.9. The second-order valence-electron chi connectivity index (χ2n) is 9.72. The number of anilines is 2. The molecule has 196 valence electrons. The maximum absolute atomic E-state index is 11.9. The summed E-state index contributed by atoms with van der Waals surface area (Å²) in [6.07, 6.45) is 5.19. The summed E-state index contributed by atoms with van der Waals surface area (Å²) in [6, 6.07) is 13.9. The molecule has 0 saturated heterocycles. The zero-order valence-electron chi connectivity index (χ0n) is 21.1. The highest BCUT2D eigenvalue weighted by Gasteiger charge is 2.44. The van der Waals surface area contributed by atoms with Gasteiger partial charge in [-0.3, -0.25) is 15.1 Å². The summed E-state index contributed by atoms with van der Waals surface area (Å²) in [5, 5.41) is 16.0. The Morgan fingerprint density at radius 2 is 1.92 bits per heavy atom. The van der Waals surface area contributed by atoms with Gasteiger partial charge in [0.25, 0.3) is 0 Å². The Balaban J connectivity index is 1.35. The van der Waals surface area contributed by atoms with E-state index >= 15 is 0 Å². The molecule has 0 unspecified atom stereocenters. The van der Waals surface area contributed by atoms with Gasteiger partial charge in [0.2, 0.25) is 0 Å². The topological polar surface area (TPSA) is 116 Å². The number of rotatable bonds is 11. The predicted octanol–water partition coefficient (Wildman–Crippen LogP) is 5.63. The summed E-state index contributed by atoms with van der Waals surface area (Å²) in [6.45, 7) is 1.58. The molecule has 0 radical (unpaired) electrons. The van der Waals surface area contributed by atoms with Crippen LogP contribution in [0.4, 0.5) is 17.2 Å². The lowest BCUT2D eigenvalue weighted by atomic mass is 10.1. The van der Waals surface area contributed by atoms with Crippen molar-refractivity contribution in [3.8, 4) is 11.5 Å². The molecule has 5 rings (SSSR count). The molecule has 1 saturated carbocycles. The van der Waals surface area contributed by atoms with E-state index in [0.29, 0.717) is 39.8 Å². The molecule has 38 heavy (non-hydrogen) atoms. The molecule has 1 aliphatic rings. The number of nitrogens with zero attached hydrogens (tertiary/aromatic N) is 5. The first-order valence-corrected chi connectivity index (χ1v) is 12.5. The van der Waals surface area contributed by atoms with Crippen molar-refractivity contribution in [1.29, 1.82) is 0 Å². The molecule has 2 aromatic heterocycles. The predicted molar refractivity (Wildman–Crippen MR) is 145 cm³/mol. The number of fused-ring (bicyclic) bond motifs is 1. The third kappa shape index (κ3) is 5.92. The number of nitro groups is 1. The van der Waals surface area contributed by atoms with Crippen LogP contribution in [-0.4, -0.2) is 52.0 Å². The summed E-state index contributed by atoms with van der Waals surface area (Å²) in [5.41, 5.74) is 1.86. The van der Waals surface area contributed by atoms with Crippen LogP contribution in [0.15, 0.2) is 61.1 Å². The van der Waals surface area contributed by atoms with Gasteiger partial charge >= 0.3 is 5.69 Å². The Morgan fingerprint density at radius 3 is 2.61 bits per heavy atom. The normalized spacial score (nSPS) is 13.9. The molecule has 0 amide bonds. The monoisotopic (exact) mass is 534 g/mol. The van der Waals surface area contributed by atoms with Crippen molar-refractivity contribution < 1.29 is 14.4 Å². The minimum Gasteiger partial charge on any atom is -0.486 e. The summed E-state index contributed by atoms with van der Waals surface area (Å²) >= 11 is 6.45. The summed E-state index contributed by atoms with van der Waals surface area (Å²) in [7, 11) is 4.03. The average molecular weight is 535 g/mol. The largest absolute Gasteiger partial charge is 0.486 e. The van der Waals surface area contributed by atoms with Gasteiger partial charge in [-0.2, -0.15) is 0 Å². The first kappa shape index (κ1) is 25.6. The molecule has 0 spiro atoms. The van der Waals surface area contributed by atoms with Gasteiger partial charge in [0.15, 0.2) is 5.75 Å². The fourth-order valence-corrected chi connectivity index (χ4v) is 4.56. The molecule has 0 aliphatic heterocycles. The van der Waals surface area contributed by atoms with Gasteiger partial charge in [0, 0.05) is 36.0 Å². The van der Waals surface area contributed by atoms with Gasteiger partial charge in [-0.25, -0.2) is 9.97 Å². The molecule has 1 N–H and O–H groups in total. The van der Waals surface area contributed by atoms with E-state index in [-0.39, 0.29) is 23.5 Å². The van der Waals surface area contributed by atoms with E-state index < -0.39 is 4.92 Å². The summed E-state index contributed by atoms with van der Waals surface area (Å²) < 4.78 is 11.8. The number of benzene rings is 2. The minimum atomic E-state index is -0.443. The van der Waals surface area contributed by atoms with Crippen LogP contribution in [0.2, 0.25) is 5.02 Å². The van der Waals surface area contributed by atoms with Gasteiger partial charge in [-0.05, 0) is 57.3 Å². The van der Waals surface area contributed by atoms with Gasteiger partial charge in [0.05, 0.1) is 33.1 Å². The Hall–Kier alpha value is -4.02. The van der Waals surface area contributed by atoms with E-state index in [4.69, 9.17) is 21.1 Å². The number of aromatic nitrogens is 3. The number of pyridine rings is 1. The molecule has 4 aromatic rings. The quantitative estimate of drug-likeness (QED) is 0.193. The van der Waals surface area contributed by atoms with Crippen LogP contribution in [-0.2, 0) is 6.61 Å². The number of hydrogen-bond donors (Lipinski definition) is 1. The van der Waals surface area contributed by atoms with Crippen molar-refractivity contribution >= 4 is 39.7 Å². The van der Waals surface area contributed by atoms with Crippen molar-refractivity contribution in [1.82, 2.24) is 19.9 Å². The van der Waals surface area contributed by atoms with Crippen LogP contribution in [0.3, 0.4) is 0 Å². The molecule has 11 heteroatoms. The van der Waals surface area contributed by atoms with Gasteiger partial charge in [-0.1, -0.05) is 17.7 Å². The number of nitrogens with one attached hydrogen (secondary N) is 1. The van der Waals surface area contributed by atoms with Crippen LogP contribution >= 0.6 is 11.6 Å². The summed E-state index contributed by atoms with van der Waals surface area (Å²) in [5.74, 6) is 1.12. The zero-order chi connectivity index (χ0) is 26.7. The van der Waals surface area contributed by atoms with E-state index in [1.54, 1.807) is 30.5 Å². The van der Waals surface area contributed by atoms with E-state index in [1.165, 1.54) is 12.4 Å². The molecule has 2 aromatic carbocycles. The Kier molecular flexibility index (Phi) is 7.26. The van der Waals surface area contributed by atoms with E-state index in [0.717, 1.165) is 25.1 Å². The van der Waals surface area contributed by atoms with Crippen LogP contribution in [0.25, 0.3) is 10.9 Å². The third-order valence-electron chi connectivity index (χ3n) is 6.35. The first-order valence-electron chi connectivity index (χ1n) is 12.1. The number of nitro benzene ring substituents is 1.